The smallest absolute Gasteiger partial charge is 0.322 e. The van der Waals surface area contributed by atoms with E-state index >= 15 is 0 Å². The normalized spacial score (nSPS) is 13.2. The van der Waals surface area contributed by atoms with Crippen molar-refractivity contribution in [3.8, 4) is 0 Å². The molecule has 0 aliphatic carbocycles. The zero-order valence-electron chi connectivity index (χ0n) is 3.97. The second-order valence-corrected chi connectivity index (χ2v) is 1.77. The van der Waals surface area contributed by atoms with E-state index in [0.29, 0.717) is 0 Å². The SMILES string of the molecule is O=C(O)[C@@H](CS)NCl. The van der Waals surface area contributed by atoms with Gasteiger partial charge >= 0.3 is 5.97 Å². The van der Waals surface area contributed by atoms with E-state index in [2.05, 4.69) is 12.6 Å². The molecule has 0 aromatic rings. The predicted octanol–water partition coefficient (Wildman–Crippen LogP) is 0.113. The van der Waals surface area contributed by atoms with Crippen LogP contribution in [0.4, 0.5) is 0 Å². The summed E-state index contributed by atoms with van der Waals surface area (Å²) in [6.07, 6.45) is 0. The molecule has 0 aromatic carbocycles. The highest BCUT2D eigenvalue weighted by Gasteiger charge is 2.11. The lowest BCUT2D eigenvalue weighted by molar-refractivity contribution is -0.138. The van der Waals surface area contributed by atoms with Gasteiger partial charge in [-0.1, -0.05) is 0 Å². The molecule has 0 unspecified atom stereocenters. The minimum absolute atomic E-state index is 0.193. The lowest BCUT2D eigenvalue weighted by Gasteiger charge is -2.02. The number of nitrogens with one attached hydrogen (secondary N) is 1. The Morgan fingerprint density at radius 2 is 2.50 bits per heavy atom. The van der Waals surface area contributed by atoms with E-state index in [9.17, 15) is 4.79 Å². The van der Waals surface area contributed by atoms with Gasteiger partial charge in [-0.3, -0.25) is 4.79 Å². The number of thiol groups is 1. The summed E-state index contributed by atoms with van der Waals surface area (Å²) in [5, 5.41) is 8.18. The minimum Gasteiger partial charge on any atom is -0.480 e. The molecule has 0 aliphatic heterocycles. The zero-order valence-corrected chi connectivity index (χ0v) is 5.62. The standard InChI is InChI=1S/C3H6ClNO2S/c4-5-2(1-8)3(6)7/h2,5,8H,1H2,(H,6,7)/t2-/m1/s1. The van der Waals surface area contributed by atoms with Crippen LogP contribution in [0.5, 0.6) is 0 Å². The van der Waals surface area contributed by atoms with Crippen molar-refractivity contribution in [2.24, 2.45) is 0 Å². The Hall–Kier alpha value is 0.0700. The van der Waals surface area contributed by atoms with E-state index < -0.39 is 12.0 Å². The summed E-state index contributed by atoms with van der Waals surface area (Å²) in [4.78, 5) is 12.0. The quantitative estimate of drug-likeness (QED) is 0.401. The van der Waals surface area contributed by atoms with Crippen molar-refractivity contribution >= 4 is 30.4 Å². The van der Waals surface area contributed by atoms with Gasteiger partial charge in [-0.05, 0) is 11.8 Å². The molecule has 0 aromatic heterocycles. The fourth-order valence-corrected chi connectivity index (χ4v) is 0.685. The van der Waals surface area contributed by atoms with Crippen LogP contribution in [0, 0.1) is 0 Å². The first-order valence-electron chi connectivity index (χ1n) is 1.92. The Kier molecular flexibility index (Phi) is 4.03. The van der Waals surface area contributed by atoms with Gasteiger partial charge in [0.05, 0.1) is 0 Å². The molecule has 2 N–H and O–H groups in total. The van der Waals surface area contributed by atoms with E-state index in [-0.39, 0.29) is 5.75 Å². The molecule has 3 nitrogen and oxygen atoms in total. The average molecular weight is 156 g/mol. The van der Waals surface area contributed by atoms with Crippen LogP contribution in [-0.4, -0.2) is 22.9 Å². The summed E-state index contributed by atoms with van der Waals surface area (Å²) < 4.78 is 0. The molecule has 0 bridgehead atoms. The molecule has 1 atom stereocenters. The highest BCUT2D eigenvalue weighted by molar-refractivity contribution is 7.80. The molecular formula is C3H6ClNO2S. The van der Waals surface area contributed by atoms with Crippen LogP contribution in [0.25, 0.3) is 0 Å². The van der Waals surface area contributed by atoms with Gasteiger partial charge in [0.1, 0.15) is 6.04 Å². The first-order valence-corrected chi connectivity index (χ1v) is 2.93. The minimum atomic E-state index is -0.991. The summed E-state index contributed by atoms with van der Waals surface area (Å²) in [6, 6.07) is -0.750. The van der Waals surface area contributed by atoms with Crippen molar-refractivity contribution in [3.05, 3.63) is 0 Å². The molecule has 0 aliphatic rings. The number of halogens is 1. The number of carboxylic acids is 1. The first kappa shape index (κ1) is 8.07. The number of aliphatic carboxylic acids is 1. The maximum atomic E-state index is 9.97. The van der Waals surface area contributed by atoms with E-state index in [1.165, 1.54) is 0 Å². The largest absolute Gasteiger partial charge is 0.480 e. The summed E-state index contributed by atoms with van der Waals surface area (Å²) >= 11 is 8.69. The molecule has 0 amide bonds. The van der Waals surface area contributed by atoms with Gasteiger partial charge < -0.3 is 5.11 Å². The molecule has 0 fully saturated rings. The van der Waals surface area contributed by atoms with Gasteiger partial charge in [0.15, 0.2) is 0 Å². The first-order chi connectivity index (χ1) is 3.72. The summed E-state index contributed by atoms with van der Waals surface area (Å²) in [7, 11) is 0. The second kappa shape index (κ2) is 4.00. The topological polar surface area (TPSA) is 49.3 Å². The van der Waals surface area contributed by atoms with E-state index in [4.69, 9.17) is 16.9 Å². The molecule has 0 radical (unpaired) electrons. The number of hydrogen-bond donors (Lipinski definition) is 3. The predicted molar refractivity (Wildman–Crippen MR) is 34.3 cm³/mol. The molecule has 5 heteroatoms. The third-order valence-corrected chi connectivity index (χ3v) is 1.24. The molecule has 0 heterocycles. The molecule has 48 valence electrons. The Balaban J connectivity index is 3.52. The Morgan fingerprint density at radius 1 is 2.00 bits per heavy atom. The maximum Gasteiger partial charge on any atom is 0.322 e. The third kappa shape index (κ3) is 2.40. The van der Waals surface area contributed by atoms with Gasteiger partial charge in [0.2, 0.25) is 0 Å². The summed E-state index contributed by atoms with van der Waals surface area (Å²) in [5.74, 6) is -0.797. The Bertz CT molecular complexity index is 85.4. The van der Waals surface area contributed by atoms with Crippen molar-refractivity contribution in [2.45, 2.75) is 6.04 Å². The number of carbonyl (C=O) groups is 1. The number of rotatable bonds is 3. The van der Waals surface area contributed by atoms with Gasteiger partial charge in [-0.2, -0.15) is 12.6 Å². The Labute approximate surface area is 57.5 Å². The van der Waals surface area contributed by atoms with Crippen molar-refractivity contribution in [3.63, 3.8) is 0 Å². The Morgan fingerprint density at radius 3 is 2.50 bits per heavy atom. The lowest BCUT2D eigenvalue weighted by Crippen LogP contribution is -2.31. The fraction of sp³-hybridized carbons (Fsp3) is 0.667. The highest BCUT2D eigenvalue weighted by atomic mass is 35.5. The molecule has 0 saturated heterocycles. The highest BCUT2D eigenvalue weighted by Crippen LogP contribution is 1.87. The van der Waals surface area contributed by atoms with Crippen molar-refractivity contribution < 1.29 is 9.90 Å². The van der Waals surface area contributed by atoms with Crippen LogP contribution in [0.3, 0.4) is 0 Å². The van der Waals surface area contributed by atoms with Gasteiger partial charge in [0.25, 0.3) is 0 Å². The third-order valence-electron chi connectivity index (χ3n) is 0.612. The molecule has 8 heavy (non-hydrogen) atoms. The van der Waals surface area contributed by atoms with Gasteiger partial charge in [-0.25, -0.2) is 4.84 Å². The summed E-state index contributed by atoms with van der Waals surface area (Å²) in [6.45, 7) is 0. The van der Waals surface area contributed by atoms with Crippen molar-refractivity contribution in [1.82, 2.24) is 4.84 Å². The van der Waals surface area contributed by atoms with E-state index in [1.54, 1.807) is 0 Å². The average Bonchev–Trinajstić information content (AvgIpc) is 1.69. The second-order valence-electron chi connectivity index (χ2n) is 1.18. The van der Waals surface area contributed by atoms with Crippen LogP contribution in [0.2, 0.25) is 0 Å². The van der Waals surface area contributed by atoms with Crippen LogP contribution in [0.15, 0.2) is 0 Å². The molecule has 0 saturated carbocycles. The van der Waals surface area contributed by atoms with Crippen LogP contribution in [-0.2, 0) is 4.79 Å². The van der Waals surface area contributed by atoms with Gasteiger partial charge in [-0.15, -0.1) is 0 Å². The molecular weight excluding hydrogens is 150 g/mol. The monoisotopic (exact) mass is 155 g/mol. The van der Waals surface area contributed by atoms with E-state index in [1.807, 2.05) is 4.84 Å². The fourth-order valence-electron chi connectivity index (χ4n) is 0.159. The van der Waals surface area contributed by atoms with Crippen LogP contribution in [0.1, 0.15) is 0 Å². The van der Waals surface area contributed by atoms with Crippen molar-refractivity contribution in [1.29, 1.82) is 0 Å². The summed E-state index contributed by atoms with van der Waals surface area (Å²) in [5.41, 5.74) is 0. The number of carboxylic acid groups (broad SMARTS) is 1. The lowest BCUT2D eigenvalue weighted by atomic mass is 10.4. The maximum absolute atomic E-state index is 9.97. The molecule has 0 spiro atoms. The van der Waals surface area contributed by atoms with E-state index in [0.717, 1.165) is 0 Å². The zero-order chi connectivity index (χ0) is 6.57. The molecule has 0 rings (SSSR count). The van der Waals surface area contributed by atoms with Gasteiger partial charge in [0, 0.05) is 5.75 Å². The van der Waals surface area contributed by atoms with Crippen molar-refractivity contribution in [2.75, 3.05) is 5.75 Å². The van der Waals surface area contributed by atoms with Crippen LogP contribution < -0.4 is 4.84 Å². The van der Waals surface area contributed by atoms with Crippen LogP contribution >= 0.6 is 24.4 Å². The number of hydrogen-bond acceptors (Lipinski definition) is 3.